The molecule has 1 aromatic rings. The van der Waals surface area contributed by atoms with Crippen LogP contribution in [0.2, 0.25) is 0 Å². The Morgan fingerprint density at radius 3 is 3.00 bits per heavy atom. The summed E-state index contributed by atoms with van der Waals surface area (Å²) in [4.78, 5) is 3.58. The van der Waals surface area contributed by atoms with E-state index in [2.05, 4.69) is 14.7 Å². The molecule has 1 radical (unpaired) electrons. The molecule has 3 nitrogen and oxygen atoms in total. The Labute approximate surface area is 42.0 Å². The Morgan fingerprint density at radius 2 is 2.71 bits per heavy atom. The molecule has 0 N–H and O–H groups in total. The van der Waals surface area contributed by atoms with E-state index in [-0.39, 0.29) is 0 Å². The summed E-state index contributed by atoms with van der Waals surface area (Å²) in [5.41, 5.74) is 0. The van der Waals surface area contributed by atoms with Gasteiger partial charge in [0.25, 0.3) is 0 Å². The molecule has 0 saturated carbocycles. The van der Waals surface area contributed by atoms with E-state index in [4.69, 9.17) is 7.37 Å². The van der Waals surface area contributed by atoms with Crippen LogP contribution in [-0.2, 0) is 0 Å². The van der Waals surface area contributed by atoms with Crippen molar-refractivity contribution < 1.29 is 4.52 Å². The predicted octanol–water partition coefficient (Wildman–Crippen LogP) is -1.52. The molecule has 0 saturated heterocycles. The second kappa shape index (κ2) is 1.82. The molecule has 0 amide bonds. The van der Waals surface area contributed by atoms with Crippen LogP contribution in [-0.4, -0.2) is 24.3 Å². The maximum atomic E-state index is 4.97. The van der Waals surface area contributed by atoms with Gasteiger partial charge < -0.3 is 0 Å². The zero-order valence-electron chi connectivity index (χ0n) is 3.53. The van der Waals surface area contributed by atoms with Gasteiger partial charge in [-0.3, -0.25) is 0 Å². The molecule has 0 atom stereocenters. The van der Waals surface area contributed by atoms with Crippen molar-refractivity contribution in [2.45, 2.75) is 0 Å². The molecule has 5 heteroatoms. The fourth-order valence-electron chi connectivity index (χ4n) is 0.255. The van der Waals surface area contributed by atoms with Crippen molar-refractivity contribution in [3.8, 4) is 0 Å². The third-order valence-electron chi connectivity index (χ3n) is 0.521. The van der Waals surface area contributed by atoms with Gasteiger partial charge in [0.05, 0.1) is 0 Å². The first-order chi connectivity index (χ1) is 3.43. The van der Waals surface area contributed by atoms with Gasteiger partial charge in [0.1, 0.15) is 0 Å². The van der Waals surface area contributed by atoms with E-state index in [9.17, 15) is 0 Å². The van der Waals surface area contributed by atoms with Gasteiger partial charge >= 0.3 is 41.0 Å². The fraction of sp³-hybridized carbons (Fsp3) is 0. The molecule has 0 aromatic carbocycles. The van der Waals surface area contributed by atoms with Crippen molar-refractivity contribution in [2.75, 3.05) is 0 Å². The average Bonchev–Trinajstić information content (AvgIpc) is 2.14. The van der Waals surface area contributed by atoms with Gasteiger partial charge in [-0.2, -0.15) is 0 Å². The van der Waals surface area contributed by atoms with E-state index in [0.29, 0.717) is 5.79 Å². The van der Waals surface area contributed by atoms with Crippen molar-refractivity contribution in [2.24, 2.45) is 0 Å². The molecule has 0 aliphatic rings. The summed E-state index contributed by atoms with van der Waals surface area (Å²) in [6.07, 6.45) is 1.29. The van der Waals surface area contributed by atoms with Crippen molar-refractivity contribution in [3.05, 3.63) is 6.33 Å². The molecular formula is C2HB2N2O. The minimum absolute atomic E-state index is 0.347. The molecule has 0 bridgehead atoms. The Balaban J connectivity index is 2.96. The van der Waals surface area contributed by atoms with Crippen molar-refractivity contribution >= 4 is 20.0 Å². The van der Waals surface area contributed by atoms with Crippen molar-refractivity contribution in [1.82, 2.24) is 10.1 Å². The Morgan fingerprint density at radius 1 is 1.86 bits per heavy atom. The normalized spacial score (nSPS) is 7.86. The first-order valence-corrected chi connectivity index (χ1v) is 1.75. The average molecular weight is 90.7 g/mol. The first kappa shape index (κ1) is 4.43. The van der Waals surface area contributed by atoms with Crippen LogP contribution in [0.5, 0.6) is 0 Å². The van der Waals surface area contributed by atoms with Crippen LogP contribution >= 0.6 is 0 Å². The number of rotatable bonds is 1. The molecular weight excluding hydrogens is 89.7 g/mol. The molecule has 1 rings (SSSR count). The minimum atomic E-state index is 0.347. The van der Waals surface area contributed by atoms with Gasteiger partial charge in [-0.05, 0) is 0 Å². The molecule has 1 aromatic heterocycles. The molecule has 0 spiro atoms. The third-order valence-corrected chi connectivity index (χ3v) is 0.521. The summed E-state index contributed by atoms with van der Waals surface area (Å²) >= 11 is 0. The topological polar surface area (TPSA) is 38.9 Å². The van der Waals surface area contributed by atoms with E-state index >= 15 is 0 Å². The Kier molecular flexibility index (Phi) is 1.15. The van der Waals surface area contributed by atoms with Crippen molar-refractivity contribution in [3.63, 3.8) is 0 Å². The monoisotopic (exact) mass is 91.0 g/mol. The third kappa shape index (κ3) is 0.824. The van der Waals surface area contributed by atoms with Crippen LogP contribution in [0.3, 0.4) is 0 Å². The number of nitrogens with zero attached hydrogens (tertiary/aromatic N) is 2. The zero-order chi connectivity index (χ0) is 5.11. The summed E-state index contributed by atoms with van der Waals surface area (Å²) in [7, 11) is 4.97. The maximum absolute atomic E-state index is 4.97. The predicted molar refractivity (Wildman–Crippen MR) is 25.4 cm³/mol. The standard InChI is InChI=1S/C2HB2N2O/c3-4-2-5-1-6-7-2/h1H. The molecule has 0 aliphatic heterocycles. The van der Waals surface area contributed by atoms with Gasteiger partial charge in [-0.15, -0.1) is 0 Å². The second-order valence-electron chi connectivity index (χ2n) is 0.946. The summed E-state index contributed by atoms with van der Waals surface area (Å²) in [6, 6.07) is 0. The van der Waals surface area contributed by atoms with Crippen molar-refractivity contribution in [1.29, 1.82) is 0 Å². The Hall–Kier alpha value is -0.730. The fourth-order valence-corrected chi connectivity index (χ4v) is 0.255. The first-order valence-electron chi connectivity index (χ1n) is 1.75. The Bertz CT molecular complexity index is 149. The SMILES string of the molecule is [B]=Bc1ncno1. The molecule has 0 aliphatic carbocycles. The molecule has 7 heavy (non-hydrogen) atoms. The van der Waals surface area contributed by atoms with Crippen LogP contribution < -0.4 is 5.79 Å². The van der Waals surface area contributed by atoms with E-state index in [1.807, 2.05) is 0 Å². The van der Waals surface area contributed by atoms with Gasteiger partial charge in [0, 0.05) is 0 Å². The molecule has 1 heterocycles. The quantitative estimate of drug-likeness (QED) is 0.394. The van der Waals surface area contributed by atoms with Crippen LogP contribution in [0.25, 0.3) is 0 Å². The summed E-state index contributed by atoms with van der Waals surface area (Å²) in [5, 5.41) is 3.30. The van der Waals surface area contributed by atoms with Gasteiger partial charge in [0.2, 0.25) is 0 Å². The van der Waals surface area contributed by atoms with Gasteiger partial charge in [-0.25, -0.2) is 0 Å². The van der Waals surface area contributed by atoms with Crippen LogP contribution in [0.4, 0.5) is 0 Å². The number of hydrogen-bond acceptors (Lipinski definition) is 3. The summed E-state index contributed by atoms with van der Waals surface area (Å²) < 4.78 is 4.44. The van der Waals surface area contributed by atoms with Gasteiger partial charge in [0.15, 0.2) is 0 Å². The zero-order valence-corrected chi connectivity index (χ0v) is 3.53. The van der Waals surface area contributed by atoms with Gasteiger partial charge in [-0.1, -0.05) is 0 Å². The molecule has 31 valence electrons. The van der Waals surface area contributed by atoms with E-state index in [1.54, 1.807) is 0 Å². The summed E-state index contributed by atoms with van der Waals surface area (Å²) in [6.45, 7) is 1.24. The van der Waals surface area contributed by atoms with Crippen LogP contribution in [0.15, 0.2) is 10.9 Å². The van der Waals surface area contributed by atoms with E-state index in [1.165, 1.54) is 13.1 Å². The van der Waals surface area contributed by atoms with E-state index < -0.39 is 0 Å². The number of aromatic nitrogens is 2. The number of hydrogen-bond donors (Lipinski definition) is 0. The molecule has 0 unspecified atom stereocenters. The van der Waals surface area contributed by atoms with E-state index in [0.717, 1.165) is 0 Å². The summed E-state index contributed by atoms with van der Waals surface area (Å²) in [5.74, 6) is 0.347. The second-order valence-corrected chi connectivity index (χ2v) is 0.946. The van der Waals surface area contributed by atoms with Crippen LogP contribution in [0.1, 0.15) is 0 Å². The van der Waals surface area contributed by atoms with Crippen LogP contribution in [0, 0.1) is 0 Å². The molecule has 0 fully saturated rings.